The highest BCUT2D eigenvalue weighted by Crippen LogP contribution is 2.40. The Balaban J connectivity index is 2.04. The Morgan fingerprint density at radius 1 is 1.00 bits per heavy atom. The van der Waals surface area contributed by atoms with E-state index in [0.29, 0.717) is 17.0 Å². The Labute approximate surface area is 210 Å². The first-order valence-electron chi connectivity index (χ1n) is 11.6. The maximum absolute atomic E-state index is 13.6. The van der Waals surface area contributed by atoms with Gasteiger partial charge in [0.2, 0.25) is 0 Å². The van der Waals surface area contributed by atoms with Gasteiger partial charge in [-0.1, -0.05) is 62.4 Å². The summed E-state index contributed by atoms with van der Waals surface area (Å²) in [5, 5.41) is 14.5. The van der Waals surface area contributed by atoms with E-state index in [4.69, 9.17) is 9.47 Å². The largest absolute Gasteiger partial charge is 0.466 e. The standard InChI is InChI=1S/C28H30N2O6/c1-17(2)23(15-14-20-10-7-6-8-11-20)36-28(32)25-19(4)29-18(3)24(27(31)35-5)26(25)21-12-9-13-22(16-21)30(33)34/h6-17,23,26,29H,1-5H3/b15-14+. The molecule has 36 heavy (non-hydrogen) atoms. The highest BCUT2D eigenvalue weighted by molar-refractivity contribution is 6.00. The maximum Gasteiger partial charge on any atom is 0.337 e. The first-order valence-corrected chi connectivity index (χ1v) is 11.6. The van der Waals surface area contributed by atoms with Gasteiger partial charge in [-0.05, 0) is 37.0 Å². The number of carbonyl (C=O) groups excluding carboxylic acids is 2. The first kappa shape index (κ1) is 26.4. The number of benzene rings is 2. The maximum atomic E-state index is 13.6. The Bertz CT molecular complexity index is 1240. The Morgan fingerprint density at radius 2 is 1.64 bits per heavy atom. The molecule has 8 heteroatoms. The zero-order chi connectivity index (χ0) is 26.4. The van der Waals surface area contributed by atoms with Crippen molar-refractivity contribution >= 4 is 23.7 Å². The van der Waals surface area contributed by atoms with Crippen molar-refractivity contribution in [3.05, 3.63) is 104 Å². The molecule has 1 heterocycles. The van der Waals surface area contributed by atoms with Gasteiger partial charge < -0.3 is 14.8 Å². The highest BCUT2D eigenvalue weighted by atomic mass is 16.6. The van der Waals surface area contributed by atoms with E-state index in [-0.39, 0.29) is 22.8 Å². The van der Waals surface area contributed by atoms with Crippen LogP contribution in [-0.4, -0.2) is 30.1 Å². The molecule has 2 unspecified atom stereocenters. The fraction of sp³-hybridized carbons (Fsp3) is 0.286. The van der Waals surface area contributed by atoms with Crippen molar-refractivity contribution in [2.75, 3.05) is 7.11 Å². The zero-order valence-electron chi connectivity index (χ0n) is 21.0. The van der Waals surface area contributed by atoms with Gasteiger partial charge in [-0.15, -0.1) is 0 Å². The van der Waals surface area contributed by atoms with Gasteiger partial charge in [-0.25, -0.2) is 9.59 Å². The lowest BCUT2D eigenvalue weighted by atomic mass is 9.80. The van der Waals surface area contributed by atoms with Crippen LogP contribution in [0.15, 0.2) is 83.2 Å². The Morgan fingerprint density at radius 3 is 2.22 bits per heavy atom. The number of nitrogens with one attached hydrogen (secondary N) is 1. The summed E-state index contributed by atoms with van der Waals surface area (Å²) >= 11 is 0. The molecular weight excluding hydrogens is 460 g/mol. The monoisotopic (exact) mass is 490 g/mol. The van der Waals surface area contributed by atoms with E-state index in [1.807, 2.05) is 56.3 Å². The van der Waals surface area contributed by atoms with Crippen LogP contribution in [0.4, 0.5) is 5.69 Å². The molecule has 1 aliphatic rings. The van der Waals surface area contributed by atoms with Crippen LogP contribution >= 0.6 is 0 Å². The van der Waals surface area contributed by atoms with Crippen molar-refractivity contribution < 1.29 is 24.0 Å². The van der Waals surface area contributed by atoms with E-state index in [1.165, 1.54) is 25.3 Å². The van der Waals surface area contributed by atoms with Crippen molar-refractivity contribution in [2.24, 2.45) is 5.92 Å². The molecule has 1 N–H and O–H groups in total. The molecule has 2 aromatic carbocycles. The molecule has 2 aromatic rings. The Hall–Kier alpha value is -4.20. The molecular formula is C28H30N2O6. The summed E-state index contributed by atoms with van der Waals surface area (Å²) in [4.78, 5) is 37.4. The molecule has 0 radical (unpaired) electrons. The van der Waals surface area contributed by atoms with Gasteiger partial charge in [0.25, 0.3) is 5.69 Å². The van der Waals surface area contributed by atoms with E-state index in [0.717, 1.165) is 5.56 Å². The molecule has 0 saturated heterocycles. The quantitative estimate of drug-likeness (QED) is 0.304. The number of non-ortho nitro benzene ring substituents is 1. The summed E-state index contributed by atoms with van der Waals surface area (Å²) in [7, 11) is 1.25. The minimum absolute atomic E-state index is 0.0278. The fourth-order valence-corrected chi connectivity index (χ4v) is 4.15. The number of ether oxygens (including phenoxy) is 2. The first-order chi connectivity index (χ1) is 17.1. The lowest BCUT2D eigenvalue weighted by molar-refractivity contribution is -0.384. The number of rotatable bonds is 8. The third kappa shape index (κ3) is 5.89. The van der Waals surface area contributed by atoms with E-state index in [1.54, 1.807) is 19.9 Å². The van der Waals surface area contributed by atoms with Gasteiger partial charge in [0.05, 0.1) is 29.1 Å². The average Bonchev–Trinajstić information content (AvgIpc) is 2.86. The van der Waals surface area contributed by atoms with Crippen molar-refractivity contribution in [1.29, 1.82) is 0 Å². The second kappa shape index (κ2) is 11.5. The van der Waals surface area contributed by atoms with E-state index >= 15 is 0 Å². The van der Waals surface area contributed by atoms with Crippen molar-refractivity contribution in [3.63, 3.8) is 0 Å². The van der Waals surface area contributed by atoms with Crippen LogP contribution in [0.1, 0.15) is 44.7 Å². The predicted molar refractivity (Wildman–Crippen MR) is 137 cm³/mol. The predicted octanol–water partition coefficient (Wildman–Crippen LogP) is 5.28. The normalized spacial score (nSPS) is 16.7. The number of nitro groups is 1. The van der Waals surface area contributed by atoms with Crippen LogP contribution in [0.5, 0.6) is 0 Å². The van der Waals surface area contributed by atoms with Gasteiger partial charge in [0.15, 0.2) is 0 Å². The third-order valence-corrected chi connectivity index (χ3v) is 5.98. The zero-order valence-corrected chi connectivity index (χ0v) is 21.0. The second-order valence-electron chi connectivity index (χ2n) is 8.86. The summed E-state index contributed by atoms with van der Waals surface area (Å²) in [5.74, 6) is -2.20. The molecule has 3 rings (SSSR count). The van der Waals surface area contributed by atoms with Crippen molar-refractivity contribution in [3.8, 4) is 0 Å². The molecule has 0 fully saturated rings. The van der Waals surface area contributed by atoms with Crippen LogP contribution in [-0.2, 0) is 19.1 Å². The van der Waals surface area contributed by atoms with Crippen LogP contribution in [0.2, 0.25) is 0 Å². The molecule has 0 spiro atoms. The van der Waals surface area contributed by atoms with E-state index in [9.17, 15) is 19.7 Å². The molecule has 188 valence electrons. The van der Waals surface area contributed by atoms with E-state index < -0.39 is 28.9 Å². The van der Waals surface area contributed by atoms with Gasteiger partial charge in [-0.3, -0.25) is 10.1 Å². The number of nitrogens with zero attached hydrogens (tertiary/aromatic N) is 1. The van der Waals surface area contributed by atoms with Crippen molar-refractivity contribution in [1.82, 2.24) is 5.32 Å². The lowest BCUT2D eigenvalue weighted by Gasteiger charge is -2.31. The smallest absolute Gasteiger partial charge is 0.337 e. The number of nitro benzene ring substituents is 1. The van der Waals surface area contributed by atoms with Gasteiger partial charge in [0, 0.05) is 23.5 Å². The van der Waals surface area contributed by atoms with Crippen LogP contribution in [0.25, 0.3) is 6.08 Å². The molecule has 8 nitrogen and oxygen atoms in total. The van der Waals surface area contributed by atoms with Gasteiger partial charge in [0.1, 0.15) is 6.10 Å². The minimum Gasteiger partial charge on any atom is -0.466 e. The van der Waals surface area contributed by atoms with E-state index in [2.05, 4.69) is 5.32 Å². The topological polar surface area (TPSA) is 108 Å². The average molecular weight is 491 g/mol. The number of carbonyl (C=O) groups is 2. The highest BCUT2D eigenvalue weighted by Gasteiger charge is 2.39. The molecule has 1 aliphatic heterocycles. The summed E-state index contributed by atoms with van der Waals surface area (Å²) in [6, 6.07) is 15.6. The summed E-state index contributed by atoms with van der Waals surface area (Å²) in [6.07, 6.45) is 3.17. The number of dihydropyridines is 1. The van der Waals surface area contributed by atoms with Crippen LogP contribution in [0.3, 0.4) is 0 Å². The summed E-state index contributed by atoms with van der Waals surface area (Å²) in [6.45, 7) is 7.29. The molecule has 0 saturated carbocycles. The molecule has 0 aliphatic carbocycles. The summed E-state index contributed by atoms with van der Waals surface area (Å²) in [5.41, 5.74) is 2.61. The number of allylic oxidation sites excluding steroid dienone is 2. The fourth-order valence-electron chi connectivity index (χ4n) is 4.15. The third-order valence-electron chi connectivity index (χ3n) is 5.98. The number of hydrogen-bond acceptors (Lipinski definition) is 7. The van der Waals surface area contributed by atoms with Gasteiger partial charge in [-0.2, -0.15) is 0 Å². The lowest BCUT2D eigenvalue weighted by Crippen LogP contribution is -2.34. The molecule has 0 bridgehead atoms. The SMILES string of the molecule is COC(=O)C1=C(C)NC(C)=C(C(=O)OC(/C=C/c2ccccc2)C(C)C)C1c1cccc([N+](=O)[O-])c1. The number of esters is 2. The second-order valence-corrected chi connectivity index (χ2v) is 8.86. The minimum atomic E-state index is -0.906. The molecule has 2 atom stereocenters. The molecule has 0 amide bonds. The van der Waals surface area contributed by atoms with Crippen molar-refractivity contribution in [2.45, 2.75) is 39.7 Å². The van der Waals surface area contributed by atoms with Gasteiger partial charge >= 0.3 is 11.9 Å². The number of hydrogen-bond donors (Lipinski definition) is 1. The van der Waals surface area contributed by atoms with Crippen LogP contribution in [0, 0.1) is 16.0 Å². The Kier molecular flexibility index (Phi) is 8.42. The number of methoxy groups -OCH3 is 1. The van der Waals surface area contributed by atoms with Crippen LogP contribution < -0.4 is 5.32 Å². The summed E-state index contributed by atoms with van der Waals surface area (Å²) < 4.78 is 10.9. The molecule has 0 aromatic heterocycles.